The minimum Gasteiger partial charge on any atom is -0.491 e. The number of ether oxygens (including phenoxy) is 2. The standard InChI is InChI=1S/C26H37N3O5/c1-4-7-16-32-24-19-21(25(30)33-17-15-29(5-2)6-3)13-14-23(24)28-34-26(31)22(27)18-20-11-9-8-10-12-20/h8-14,19,22,28H,4-7,15-18,27H2,1-3H3/t22-/m1/s1. The van der Waals surface area contributed by atoms with Gasteiger partial charge >= 0.3 is 11.9 Å². The Morgan fingerprint density at radius 3 is 2.44 bits per heavy atom. The predicted octanol–water partition coefficient (Wildman–Crippen LogP) is 3.80. The molecular weight excluding hydrogens is 434 g/mol. The second-order valence-electron chi connectivity index (χ2n) is 7.90. The normalized spacial score (nSPS) is 11.7. The SMILES string of the molecule is CCCCOc1cc(C(=O)OCCN(CC)CC)ccc1NOC(=O)[C@H](N)Cc1ccccc1. The van der Waals surface area contributed by atoms with Crippen LogP contribution in [-0.2, 0) is 20.8 Å². The molecule has 8 nitrogen and oxygen atoms in total. The maximum atomic E-state index is 12.5. The third-order valence-corrected chi connectivity index (χ3v) is 5.37. The lowest BCUT2D eigenvalue weighted by atomic mass is 10.1. The maximum absolute atomic E-state index is 12.5. The number of hydrogen-bond donors (Lipinski definition) is 2. The average molecular weight is 472 g/mol. The molecular formula is C26H37N3O5. The molecule has 1 atom stereocenters. The Balaban J connectivity index is 2.00. The number of likely N-dealkylation sites (N-methyl/N-ethyl adjacent to an activating group) is 1. The van der Waals surface area contributed by atoms with E-state index in [1.165, 1.54) is 0 Å². The van der Waals surface area contributed by atoms with E-state index in [1.54, 1.807) is 18.2 Å². The lowest BCUT2D eigenvalue weighted by Gasteiger charge is -2.18. The summed E-state index contributed by atoms with van der Waals surface area (Å²) in [5.41, 5.74) is 10.4. The zero-order chi connectivity index (χ0) is 24.8. The van der Waals surface area contributed by atoms with Gasteiger partial charge in [0.15, 0.2) is 0 Å². The number of nitrogens with zero attached hydrogens (tertiary/aromatic N) is 1. The summed E-state index contributed by atoms with van der Waals surface area (Å²) in [6.07, 6.45) is 2.17. The van der Waals surface area contributed by atoms with Gasteiger partial charge in [0.1, 0.15) is 24.1 Å². The Kier molecular flexibility index (Phi) is 11.9. The fraction of sp³-hybridized carbons (Fsp3) is 0.462. The predicted molar refractivity (Wildman–Crippen MR) is 133 cm³/mol. The fourth-order valence-corrected chi connectivity index (χ4v) is 3.20. The number of esters is 1. The Bertz CT molecular complexity index is 887. The molecule has 0 aliphatic heterocycles. The molecule has 3 N–H and O–H groups in total. The van der Waals surface area contributed by atoms with E-state index in [-0.39, 0.29) is 0 Å². The van der Waals surface area contributed by atoms with E-state index in [2.05, 4.69) is 31.2 Å². The van der Waals surface area contributed by atoms with Crippen molar-refractivity contribution in [3.8, 4) is 5.75 Å². The van der Waals surface area contributed by atoms with Crippen LogP contribution in [0.4, 0.5) is 5.69 Å². The average Bonchev–Trinajstić information content (AvgIpc) is 2.86. The monoisotopic (exact) mass is 471 g/mol. The molecule has 186 valence electrons. The Morgan fingerprint density at radius 1 is 1.03 bits per heavy atom. The summed E-state index contributed by atoms with van der Waals surface area (Å²) in [5.74, 6) is -0.625. The van der Waals surface area contributed by atoms with Gasteiger partial charge in [0.05, 0.1) is 12.2 Å². The molecule has 0 amide bonds. The van der Waals surface area contributed by atoms with Gasteiger partial charge in [-0.3, -0.25) is 0 Å². The first-order valence-corrected chi connectivity index (χ1v) is 11.9. The molecule has 0 spiro atoms. The first-order valence-electron chi connectivity index (χ1n) is 11.9. The van der Waals surface area contributed by atoms with Crippen molar-refractivity contribution in [2.75, 3.05) is 38.3 Å². The smallest absolute Gasteiger partial charge is 0.348 e. The first kappa shape index (κ1) is 27.1. The third-order valence-electron chi connectivity index (χ3n) is 5.37. The largest absolute Gasteiger partial charge is 0.491 e. The van der Waals surface area contributed by atoms with E-state index in [1.807, 2.05) is 30.3 Å². The molecule has 0 aliphatic carbocycles. The molecule has 0 unspecified atom stereocenters. The highest BCUT2D eigenvalue weighted by atomic mass is 16.7. The summed E-state index contributed by atoms with van der Waals surface area (Å²) in [5, 5.41) is 0. The van der Waals surface area contributed by atoms with Crippen LogP contribution in [-0.4, -0.2) is 55.7 Å². The van der Waals surface area contributed by atoms with Gasteiger partial charge in [0.2, 0.25) is 0 Å². The Hall–Kier alpha value is -3.10. The van der Waals surface area contributed by atoms with E-state index >= 15 is 0 Å². The van der Waals surface area contributed by atoms with Crippen LogP contribution in [0.5, 0.6) is 5.75 Å². The summed E-state index contributed by atoms with van der Waals surface area (Å²) in [6, 6.07) is 13.5. The van der Waals surface area contributed by atoms with Crippen LogP contribution in [0.3, 0.4) is 0 Å². The van der Waals surface area contributed by atoms with Gasteiger partial charge in [0, 0.05) is 6.54 Å². The Morgan fingerprint density at radius 2 is 1.76 bits per heavy atom. The molecule has 2 aromatic carbocycles. The molecule has 0 aromatic heterocycles. The van der Waals surface area contributed by atoms with Crippen LogP contribution in [0.2, 0.25) is 0 Å². The van der Waals surface area contributed by atoms with Crippen LogP contribution in [0, 0.1) is 0 Å². The molecule has 0 fully saturated rings. The number of carbonyl (C=O) groups is 2. The zero-order valence-electron chi connectivity index (χ0n) is 20.4. The molecule has 0 aliphatic rings. The van der Waals surface area contributed by atoms with Crippen molar-refractivity contribution in [2.45, 2.75) is 46.1 Å². The van der Waals surface area contributed by atoms with Crippen LogP contribution in [0.25, 0.3) is 0 Å². The van der Waals surface area contributed by atoms with Gasteiger partial charge in [0.25, 0.3) is 0 Å². The van der Waals surface area contributed by atoms with E-state index in [0.717, 1.165) is 31.5 Å². The second kappa shape index (κ2) is 14.9. The van der Waals surface area contributed by atoms with E-state index in [9.17, 15) is 9.59 Å². The van der Waals surface area contributed by atoms with Crippen LogP contribution >= 0.6 is 0 Å². The van der Waals surface area contributed by atoms with Gasteiger partial charge in [-0.1, -0.05) is 57.5 Å². The van der Waals surface area contributed by atoms with Crippen molar-refractivity contribution in [3.63, 3.8) is 0 Å². The highest BCUT2D eigenvalue weighted by molar-refractivity contribution is 5.91. The highest BCUT2D eigenvalue weighted by Gasteiger charge is 2.18. The molecule has 0 radical (unpaired) electrons. The van der Waals surface area contributed by atoms with Crippen molar-refractivity contribution in [3.05, 3.63) is 59.7 Å². The minimum atomic E-state index is -0.820. The first-order chi connectivity index (χ1) is 16.5. The number of benzene rings is 2. The van der Waals surface area contributed by atoms with E-state index in [4.69, 9.17) is 20.0 Å². The molecule has 34 heavy (non-hydrogen) atoms. The summed E-state index contributed by atoms with van der Waals surface area (Å²) in [7, 11) is 0. The van der Waals surface area contributed by atoms with E-state index in [0.29, 0.717) is 43.2 Å². The summed E-state index contributed by atoms with van der Waals surface area (Å²) in [6.45, 7) is 9.45. The van der Waals surface area contributed by atoms with Crippen molar-refractivity contribution in [1.82, 2.24) is 4.90 Å². The number of unbranched alkanes of at least 4 members (excludes halogenated alkanes) is 1. The summed E-state index contributed by atoms with van der Waals surface area (Å²) in [4.78, 5) is 32.3. The third kappa shape index (κ3) is 9.03. The summed E-state index contributed by atoms with van der Waals surface area (Å²) >= 11 is 0. The van der Waals surface area contributed by atoms with Crippen molar-refractivity contribution >= 4 is 17.6 Å². The minimum absolute atomic E-state index is 0.309. The van der Waals surface area contributed by atoms with Gasteiger partial charge in [-0.05, 0) is 49.7 Å². The molecule has 0 bridgehead atoms. The second-order valence-corrected chi connectivity index (χ2v) is 7.90. The number of anilines is 1. The number of rotatable bonds is 15. The summed E-state index contributed by atoms with van der Waals surface area (Å²) < 4.78 is 11.2. The topological polar surface area (TPSA) is 103 Å². The zero-order valence-corrected chi connectivity index (χ0v) is 20.4. The fourth-order valence-electron chi connectivity index (χ4n) is 3.20. The highest BCUT2D eigenvalue weighted by Crippen LogP contribution is 2.27. The quantitative estimate of drug-likeness (QED) is 0.230. The molecule has 0 saturated heterocycles. The molecule has 8 heteroatoms. The number of carbonyl (C=O) groups excluding carboxylic acids is 2. The number of hydrogen-bond acceptors (Lipinski definition) is 8. The van der Waals surface area contributed by atoms with Crippen molar-refractivity contribution < 1.29 is 23.9 Å². The molecule has 0 saturated carbocycles. The lowest BCUT2D eigenvalue weighted by Crippen LogP contribution is -2.35. The maximum Gasteiger partial charge on any atom is 0.348 e. The van der Waals surface area contributed by atoms with Gasteiger partial charge in [-0.2, -0.15) is 0 Å². The van der Waals surface area contributed by atoms with Crippen molar-refractivity contribution in [2.24, 2.45) is 5.73 Å². The molecule has 2 rings (SSSR count). The van der Waals surface area contributed by atoms with Gasteiger partial charge in [-0.15, -0.1) is 0 Å². The van der Waals surface area contributed by atoms with Gasteiger partial charge in [-0.25, -0.2) is 15.1 Å². The number of nitrogens with two attached hydrogens (primary N) is 1. The van der Waals surface area contributed by atoms with Gasteiger partial charge < -0.3 is 24.9 Å². The van der Waals surface area contributed by atoms with Crippen LogP contribution < -0.4 is 16.0 Å². The van der Waals surface area contributed by atoms with Crippen LogP contribution in [0.1, 0.15) is 49.5 Å². The lowest BCUT2D eigenvalue weighted by molar-refractivity contribution is -0.142. The molecule has 2 aromatic rings. The van der Waals surface area contributed by atoms with Crippen LogP contribution in [0.15, 0.2) is 48.5 Å². The Labute approximate surface area is 202 Å². The van der Waals surface area contributed by atoms with Crippen molar-refractivity contribution in [1.29, 1.82) is 0 Å². The molecule has 0 heterocycles. The van der Waals surface area contributed by atoms with E-state index < -0.39 is 18.0 Å². The number of nitrogens with one attached hydrogen (secondary N) is 1.